The van der Waals surface area contributed by atoms with Gasteiger partial charge in [-0.1, -0.05) is 33.1 Å². The van der Waals surface area contributed by atoms with Gasteiger partial charge in [-0.15, -0.1) is 10.2 Å². The van der Waals surface area contributed by atoms with Gasteiger partial charge in [0.15, 0.2) is 0 Å². The van der Waals surface area contributed by atoms with Crippen molar-refractivity contribution in [3.8, 4) is 0 Å². The molecule has 0 saturated heterocycles. The molecule has 1 rings (SSSR count). The van der Waals surface area contributed by atoms with E-state index in [2.05, 4.69) is 17.1 Å². The van der Waals surface area contributed by atoms with Crippen LogP contribution in [0.15, 0.2) is 5.16 Å². The van der Waals surface area contributed by atoms with Crippen LogP contribution in [-0.2, 0) is 23.0 Å². The van der Waals surface area contributed by atoms with Crippen LogP contribution in [0.5, 0.6) is 0 Å². The molecule has 0 bridgehead atoms. The van der Waals surface area contributed by atoms with E-state index in [4.69, 9.17) is 5.14 Å². The Kier molecular flexibility index (Phi) is 5.74. The van der Waals surface area contributed by atoms with E-state index >= 15 is 0 Å². The van der Waals surface area contributed by atoms with Gasteiger partial charge in [-0.25, -0.2) is 13.6 Å². The molecular formula is C11H22N4O2S. The molecule has 0 atom stereocenters. The topological polar surface area (TPSA) is 90.9 Å². The number of unbranched alkanes of at least 4 members (excludes halogenated alkanes) is 3. The predicted octanol–water partition coefficient (Wildman–Crippen LogP) is 1.46. The summed E-state index contributed by atoms with van der Waals surface area (Å²) in [4.78, 5) is 0. The molecule has 0 aromatic carbocycles. The van der Waals surface area contributed by atoms with Crippen molar-refractivity contribution in [1.29, 1.82) is 0 Å². The smallest absolute Gasteiger partial charge is 0.273 e. The second-order valence-electron chi connectivity index (χ2n) is 4.41. The number of hydrogen-bond acceptors (Lipinski definition) is 4. The van der Waals surface area contributed by atoms with E-state index in [9.17, 15) is 8.42 Å². The van der Waals surface area contributed by atoms with E-state index in [1.165, 1.54) is 12.8 Å². The van der Waals surface area contributed by atoms with Crippen LogP contribution in [-0.4, -0.2) is 23.2 Å². The van der Waals surface area contributed by atoms with E-state index in [1.54, 1.807) is 4.57 Å². The Labute approximate surface area is 109 Å². The molecule has 0 aliphatic rings. The van der Waals surface area contributed by atoms with Crippen molar-refractivity contribution in [3.05, 3.63) is 5.82 Å². The van der Waals surface area contributed by atoms with Crippen molar-refractivity contribution in [3.63, 3.8) is 0 Å². The van der Waals surface area contributed by atoms with E-state index in [0.717, 1.165) is 31.5 Å². The largest absolute Gasteiger partial charge is 0.301 e. The zero-order valence-corrected chi connectivity index (χ0v) is 11.9. The highest BCUT2D eigenvalue weighted by Gasteiger charge is 2.20. The van der Waals surface area contributed by atoms with Crippen LogP contribution in [0.1, 0.15) is 51.8 Å². The number of sulfonamides is 1. The van der Waals surface area contributed by atoms with Crippen LogP contribution in [0.2, 0.25) is 0 Å². The Morgan fingerprint density at radius 2 is 1.83 bits per heavy atom. The SMILES string of the molecule is CCCCCCc1nnc(S(N)(=O)=O)n1CCC. The average molecular weight is 274 g/mol. The number of nitrogens with zero attached hydrogens (tertiary/aromatic N) is 3. The van der Waals surface area contributed by atoms with Crippen LogP contribution in [0.3, 0.4) is 0 Å². The first-order valence-electron chi connectivity index (χ1n) is 6.45. The lowest BCUT2D eigenvalue weighted by Crippen LogP contribution is -2.19. The first-order valence-corrected chi connectivity index (χ1v) is 8.00. The lowest BCUT2D eigenvalue weighted by atomic mass is 10.1. The fourth-order valence-corrected chi connectivity index (χ4v) is 2.53. The van der Waals surface area contributed by atoms with Gasteiger partial charge in [-0.3, -0.25) is 0 Å². The average Bonchev–Trinajstić information content (AvgIpc) is 2.68. The Morgan fingerprint density at radius 1 is 1.11 bits per heavy atom. The molecule has 0 radical (unpaired) electrons. The standard InChI is InChI=1S/C11H22N4O2S/c1-3-5-6-7-8-10-13-14-11(18(12,16)17)15(10)9-4-2/h3-9H2,1-2H3,(H2,12,16,17). The molecule has 0 fully saturated rings. The molecule has 18 heavy (non-hydrogen) atoms. The normalized spacial score (nSPS) is 11.9. The van der Waals surface area contributed by atoms with Crippen LogP contribution in [0.4, 0.5) is 0 Å². The Morgan fingerprint density at radius 3 is 2.39 bits per heavy atom. The van der Waals surface area contributed by atoms with E-state index in [-0.39, 0.29) is 5.16 Å². The van der Waals surface area contributed by atoms with Gasteiger partial charge in [0.2, 0.25) is 0 Å². The third kappa shape index (κ3) is 4.06. The van der Waals surface area contributed by atoms with Crippen LogP contribution in [0.25, 0.3) is 0 Å². The molecular weight excluding hydrogens is 252 g/mol. The van der Waals surface area contributed by atoms with Gasteiger partial charge in [0.25, 0.3) is 15.2 Å². The molecule has 6 nitrogen and oxygen atoms in total. The minimum Gasteiger partial charge on any atom is -0.301 e. The van der Waals surface area contributed by atoms with Crippen LogP contribution < -0.4 is 5.14 Å². The molecule has 0 amide bonds. The molecule has 1 aromatic rings. The zero-order chi connectivity index (χ0) is 13.6. The maximum Gasteiger partial charge on any atom is 0.273 e. The van der Waals surface area contributed by atoms with Gasteiger partial charge in [0, 0.05) is 13.0 Å². The van der Waals surface area contributed by atoms with Gasteiger partial charge in [-0.05, 0) is 12.8 Å². The summed E-state index contributed by atoms with van der Waals surface area (Å²) < 4.78 is 24.4. The second-order valence-corrected chi connectivity index (χ2v) is 5.86. The van der Waals surface area contributed by atoms with Crippen molar-refractivity contribution in [2.75, 3.05) is 0 Å². The highest BCUT2D eigenvalue weighted by atomic mass is 32.2. The lowest BCUT2D eigenvalue weighted by molar-refractivity contribution is 0.540. The molecule has 104 valence electrons. The van der Waals surface area contributed by atoms with Gasteiger partial charge < -0.3 is 4.57 Å². The van der Waals surface area contributed by atoms with Crippen molar-refractivity contribution in [2.24, 2.45) is 5.14 Å². The first kappa shape index (κ1) is 15.1. The molecule has 0 saturated carbocycles. The first-order chi connectivity index (χ1) is 8.50. The van der Waals surface area contributed by atoms with Gasteiger partial charge in [0.05, 0.1) is 0 Å². The number of rotatable bonds is 8. The van der Waals surface area contributed by atoms with Crippen molar-refractivity contribution < 1.29 is 8.42 Å². The molecule has 0 unspecified atom stereocenters. The Bertz CT molecular complexity index is 467. The molecule has 0 aliphatic heterocycles. The van der Waals surface area contributed by atoms with Crippen molar-refractivity contribution >= 4 is 10.0 Å². The number of primary sulfonamides is 1. The third-order valence-corrected chi connectivity index (χ3v) is 3.56. The lowest BCUT2D eigenvalue weighted by Gasteiger charge is -2.07. The van der Waals surface area contributed by atoms with Gasteiger partial charge in [-0.2, -0.15) is 0 Å². The molecule has 1 aromatic heterocycles. The fraction of sp³-hybridized carbons (Fsp3) is 0.818. The van der Waals surface area contributed by atoms with E-state index < -0.39 is 10.0 Å². The highest BCUT2D eigenvalue weighted by molar-refractivity contribution is 7.89. The maximum atomic E-state index is 11.4. The van der Waals surface area contributed by atoms with Crippen molar-refractivity contribution in [1.82, 2.24) is 14.8 Å². The maximum absolute atomic E-state index is 11.4. The summed E-state index contributed by atoms with van der Waals surface area (Å²) >= 11 is 0. The van der Waals surface area contributed by atoms with E-state index in [0.29, 0.717) is 6.54 Å². The second kappa shape index (κ2) is 6.84. The van der Waals surface area contributed by atoms with E-state index in [1.807, 2.05) is 6.92 Å². The van der Waals surface area contributed by atoms with Gasteiger partial charge in [0.1, 0.15) is 5.82 Å². The van der Waals surface area contributed by atoms with Crippen LogP contribution in [0, 0.1) is 0 Å². The monoisotopic (exact) mass is 274 g/mol. The summed E-state index contributed by atoms with van der Waals surface area (Å²) in [6.45, 7) is 4.72. The summed E-state index contributed by atoms with van der Waals surface area (Å²) in [7, 11) is -3.78. The Balaban J connectivity index is 2.82. The number of aryl methyl sites for hydroxylation is 1. The Hall–Kier alpha value is -0.950. The molecule has 1 heterocycles. The quantitative estimate of drug-likeness (QED) is 0.726. The predicted molar refractivity (Wildman–Crippen MR) is 69.5 cm³/mol. The highest BCUT2D eigenvalue weighted by Crippen LogP contribution is 2.11. The third-order valence-electron chi connectivity index (χ3n) is 2.75. The summed E-state index contributed by atoms with van der Waals surface area (Å²) in [6.07, 6.45) is 6.06. The van der Waals surface area contributed by atoms with Gasteiger partial charge >= 0.3 is 0 Å². The summed E-state index contributed by atoms with van der Waals surface area (Å²) in [6, 6.07) is 0. The minimum absolute atomic E-state index is 0.116. The number of aromatic nitrogens is 3. The summed E-state index contributed by atoms with van der Waals surface area (Å²) in [5.41, 5.74) is 0. The fourth-order valence-electron chi connectivity index (χ4n) is 1.87. The molecule has 2 N–H and O–H groups in total. The van der Waals surface area contributed by atoms with Crippen molar-refractivity contribution in [2.45, 2.75) is 64.1 Å². The number of hydrogen-bond donors (Lipinski definition) is 1. The molecule has 0 spiro atoms. The summed E-state index contributed by atoms with van der Waals surface area (Å²) in [5, 5.41) is 12.7. The molecule has 0 aliphatic carbocycles. The summed E-state index contributed by atoms with van der Waals surface area (Å²) in [5.74, 6) is 0.719. The molecule has 7 heteroatoms. The minimum atomic E-state index is -3.78. The van der Waals surface area contributed by atoms with Crippen LogP contribution >= 0.6 is 0 Å². The number of nitrogens with two attached hydrogens (primary N) is 1. The zero-order valence-electron chi connectivity index (χ0n) is 11.1.